The molecule has 5 nitrogen and oxygen atoms in total. The maximum Gasteiger partial charge on any atom is 0.252 e. The van der Waals surface area contributed by atoms with Crippen LogP contribution < -0.4 is 9.47 Å². The highest BCUT2D eigenvalue weighted by Crippen LogP contribution is 2.27. The highest BCUT2D eigenvalue weighted by atomic mass is 35.5. The van der Waals surface area contributed by atoms with Gasteiger partial charge in [-0.3, -0.25) is 0 Å². The molecule has 0 N–H and O–H groups in total. The maximum absolute atomic E-state index is 12.3. The summed E-state index contributed by atoms with van der Waals surface area (Å²) in [6, 6.07) is 10.2. The fourth-order valence-corrected chi connectivity index (χ4v) is 4.52. The summed E-state index contributed by atoms with van der Waals surface area (Å²) >= 11 is 6.82. The van der Waals surface area contributed by atoms with Crippen molar-refractivity contribution in [1.29, 1.82) is 0 Å². The van der Waals surface area contributed by atoms with Gasteiger partial charge in [-0.2, -0.15) is 4.31 Å². The zero-order valence-electron chi connectivity index (χ0n) is 12.2. The van der Waals surface area contributed by atoms with E-state index in [9.17, 15) is 8.42 Å². The molecule has 0 aliphatic heterocycles. The highest BCUT2D eigenvalue weighted by Gasteiger charge is 2.22. The molecular weight excluding hydrogens is 346 g/mol. The van der Waals surface area contributed by atoms with Gasteiger partial charge >= 0.3 is 0 Å². The van der Waals surface area contributed by atoms with Crippen LogP contribution in [0.3, 0.4) is 0 Å². The third kappa shape index (κ3) is 4.13. The Morgan fingerprint density at radius 1 is 1.14 bits per heavy atom. The topological polar surface area (TPSA) is 55.8 Å². The lowest BCUT2D eigenvalue weighted by Gasteiger charge is -2.16. The quantitative estimate of drug-likeness (QED) is 0.760. The van der Waals surface area contributed by atoms with Crippen molar-refractivity contribution in [2.75, 3.05) is 27.3 Å². The van der Waals surface area contributed by atoms with Gasteiger partial charge in [-0.15, -0.1) is 11.3 Å². The first-order chi connectivity index (χ1) is 10.4. The van der Waals surface area contributed by atoms with Gasteiger partial charge in [0.2, 0.25) is 0 Å². The lowest BCUT2D eigenvalue weighted by Crippen LogP contribution is -2.30. The molecule has 8 heteroatoms. The van der Waals surface area contributed by atoms with Crippen molar-refractivity contribution in [2.24, 2.45) is 0 Å². The van der Waals surface area contributed by atoms with Gasteiger partial charge in [0.1, 0.15) is 22.3 Å². The Morgan fingerprint density at radius 2 is 1.77 bits per heavy atom. The molecule has 1 heterocycles. The van der Waals surface area contributed by atoms with Crippen LogP contribution in [-0.4, -0.2) is 40.0 Å². The number of nitrogens with zero attached hydrogens (tertiary/aromatic N) is 1. The molecule has 120 valence electrons. The van der Waals surface area contributed by atoms with E-state index in [0.717, 1.165) is 17.1 Å². The molecule has 0 spiro atoms. The van der Waals surface area contributed by atoms with Gasteiger partial charge in [0.05, 0.1) is 11.4 Å². The molecule has 2 rings (SSSR count). The van der Waals surface area contributed by atoms with E-state index in [-0.39, 0.29) is 17.4 Å². The van der Waals surface area contributed by atoms with Crippen LogP contribution in [0, 0.1) is 0 Å². The number of hydrogen-bond acceptors (Lipinski definition) is 5. The highest BCUT2D eigenvalue weighted by molar-refractivity contribution is 7.91. The summed E-state index contributed by atoms with van der Waals surface area (Å²) in [7, 11) is -0.412. The first kappa shape index (κ1) is 17.1. The third-order valence-electron chi connectivity index (χ3n) is 2.95. The Morgan fingerprint density at radius 3 is 2.32 bits per heavy atom. The van der Waals surface area contributed by atoms with Gasteiger partial charge in [-0.05, 0) is 36.4 Å². The summed E-state index contributed by atoms with van der Waals surface area (Å²) < 4.78 is 37.1. The van der Waals surface area contributed by atoms with E-state index in [4.69, 9.17) is 21.1 Å². The predicted molar refractivity (Wildman–Crippen MR) is 87.6 cm³/mol. The van der Waals surface area contributed by atoms with Crippen molar-refractivity contribution in [3.8, 4) is 11.5 Å². The Bertz CT molecular complexity index is 713. The smallest absolute Gasteiger partial charge is 0.252 e. The molecule has 0 unspecified atom stereocenters. The van der Waals surface area contributed by atoms with Crippen molar-refractivity contribution in [3.63, 3.8) is 0 Å². The van der Waals surface area contributed by atoms with Gasteiger partial charge in [0.25, 0.3) is 10.0 Å². The molecule has 0 aliphatic rings. The summed E-state index contributed by atoms with van der Waals surface area (Å²) in [5, 5.41) is 0. The average molecular weight is 362 g/mol. The van der Waals surface area contributed by atoms with Gasteiger partial charge in [0.15, 0.2) is 0 Å². The normalized spacial score (nSPS) is 11.6. The largest absolute Gasteiger partial charge is 0.497 e. The van der Waals surface area contributed by atoms with Crippen LogP contribution in [0.2, 0.25) is 4.34 Å². The second kappa shape index (κ2) is 7.32. The summed E-state index contributed by atoms with van der Waals surface area (Å²) in [6.45, 7) is 0.491. The van der Waals surface area contributed by atoms with Gasteiger partial charge in [0, 0.05) is 13.6 Å². The molecule has 0 radical (unpaired) electrons. The van der Waals surface area contributed by atoms with E-state index < -0.39 is 10.0 Å². The zero-order valence-corrected chi connectivity index (χ0v) is 14.5. The predicted octanol–water partition coefficient (Wildman–Crippen LogP) is 3.11. The van der Waals surface area contributed by atoms with Crippen LogP contribution in [0.5, 0.6) is 11.5 Å². The molecule has 0 atom stereocenters. The van der Waals surface area contributed by atoms with Gasteiger partial charge in [-0.25, -0.2) is 8.42 Å². The fourth-order valence-electron chi connectivity index (χ4n) is 1.67. The number of sulfonamides is 1. The van der Waals surface area contributed by atoms with Crippen LogP contribution >= 0.6 is 22.9 Å². The number of hydrogen-bond donors (Lipinski definition) is 0. The number of rotatable bonds is 7. The molecule has 2 aromatic rings. The minimum absolute atomic E-state index is 0.226. The van der Waals surface area contributed by atoms with Gasteiger partial charge in [-0.1, -0.05) is 11.6 Å². The standard InChI is InChI=1S/C14H16ClNO4S2/c1-16(22(17,18)14-8-7-13(15)21-14)9-10-20-12-5-3-11(19-2)4-6-12/h3-8H,9-10H2,1-2H3. The Hall–Kier alpha value is -1.28. The lowest BCUT2D eigenvalue weighted by atomic mass is 10.3. The molecule has 0 saturated heterocycles. The number of methoxy groups -OCH3 is 1. The lowest BCUT2D eigenvalue weighted by molar-refractivity contribution is 0.286. The molecule has 0 bridgehead atoms. The molecule has 1 aromatic carbocycles. The second-order valence-corrected chi connectivity index (χ2v) is 8.40. The second-order valence-electron chi connectivity index (χ2n) is 4.41. The van der Waals surface area contributed by atoms with Crippen LogP contribution in [-0.2, 0) is 10.0 Å². The van der Waals surface area contributed by atoms with Crippen molar-refractivity contribution < 1.29 is 17.9 Å². The molecule has 1 aromatic heterocycles. The van der Waals surface area contributed by atoms with Crippen LogP contribution in [0.15, 0.2) is 40.6 Å². The number of likely N-dealkylation sites (N-methyl/N-ethyl adjacent to an activating group) is 1. The van der Waals surface area contributed by atoms with Crippen LogP contribution in [0.4, 0.5) is 0 Å². The van der Waals surface area contributed by atoms with Crippen molar-refractivity contribution >= 4 is 33.0 Å². The Labute approximate surface area is 139 Å². The molecular formula is C14H16ClNO4S2. The summed E-state index contributed by atoms with van der Waals surface area (Å²) in [5.74, 6) is 1.40. The van der Waals surface area contributed by atoms with E-state index in [1.807, 2.05) is 0 Å². The molecule has 22 heavy (non-hydrogen) atoms. The average Bonchev–Trinajstić information content (AvgIpc) is 2.95. The van der Waals surface area contributed by atoms with Crippen molar-refractivity contribution in [1.82, 2.24) is 4.31 Å². The third-order valence-corrected chi connectivity index (χ3v) is 6.50. The number of benzene rings is 1. The molecule has 0 aliphatic carbocycles. The number of thiophene rings is 1. The van der Waals surface area contributed by atoms with Gasteiger partial charge < -0.3 is 9.47 Å². The summed E-state index contributed by atoms with van der Waals surface area (Å²) in [6.07, 6.45) is 0. The molecule has 0 fully saturated rings. The first-order valence-corrected chi connectivity index (χ1v) is 9.05. The van der Waals surface area contributed by atoms with E-state index in [1.165, 1.54) is 17.4 Å². The number of ether oxygens (including phenoxy) is 2. The van der Waals surface area contributed by atoms with E-state index in [1.54, 1.807) is 37.4 Å². The van der Waals surface area contributed by atoms with Crippen LogP contribution in [0.1, 0.15) is 0 Å². The monoisotopic (exact) mass is 361 g/mol. The Balaban J connectivity index is 1.90. The van der Waals surface area contributed by atoms with E-state index in [2.05, 4.69) is 0 Å². The molecule has 0 amide bonds. The Kier molecular flexibility index (Phi) is 5.69. The summed E-state index contributed by atoms with van der Waals surface area (Å²) in [5.41, 5.74) is 0. The van der Waals surface area contributed by atoms with Crippen molar-refractivity contribution in [2.45, 2.75) is 4.21 Å². The fraction of sp³-hybridized carbons (Fsp3) is 0.286. The minimum atomic E-state index is -3.52. The number of halogens is 1. The molecule has 0 saturated carbocycles. The minimum Gasteiger partial charge on any atom is -0.497 e. The van der Waals surface area contributed by atoms with E-state index >= 15 is 0 Å². The van der Waals surface area contributed by atoms with Crippen molar-refractivity contribution in [3.05, 3.63) is 40.7 Å². The first-order valence-electron chi connectivity index (χ1n) is 6.42. The SMILES string of the molecule is COc1ccc(OCCN(C)S(=O)(=O)c2ccc(Cl)s2)cc1. The summed E-state index contributed by atoms with van der Waals surface area (Å²) in [4.78, 5) is 0. The zero-order chi connectivity index (χ0) is 16.2. The van der Waals surface area contributed by atoms with E-state index in [0.29, 0.717) is 10.1 Å². The van der Waals surface area contributed by atoms with Crippen LogP contribution in [0.25, 0.3) is 0 Å². The maximum atomic E-state index is 12.3.